The van der Waals surface area contributed by atoms with Gasteiger partial charge in [-0.25, -0.2) is 0 Å². The first-order valence-corrected chi connectivity index (χ1v) is 12.7. The number of aliphatic carboxylic acids is 1. The first-order chi connectivity index (χ1) is 17.3. The van der Waals surface area contributed by atoms with E-state index in [2.05, 4.69) is 48.5 Å². The van der Waals surface area contributed by atoms with Crippen molar-refractivity contribution in [3.63, 3.8) is 0 Å². The second-order valence-corrected chi connectivity index (χ2v) is 9.32. The Morgan fingerprint density at radius 3 is 2.39 bits per heavy atom. The fourth-order valence-corrected chi connectivity index (χ4v) is 4.34. The van der Waals surface area contributed by atoms with E-state index < -0.39 is 11.9 Å². The number of piperidine rings is 1. The largest absolute Gasteiger partial charge is 0.481 e. The molecule has 1 fully saturated rings. The van der Waals surface area contributed by atoms with E-state index >= 15 is 0 Å². The van der Waals surface area contributed by atoms with Gasteiger partial charge in [-0.3, -0.25) is 19.4 Å². The van der Waals surface area contributed by atoms with Crippen LogP contribution in [0.5, 0.6) is 0 Å². The third-order valence-corrected chi connectivity index (χ3v) is 6.36. The molecule has 0 aliphatic carbocycles. The van der Waals surface area contributed by atoms with Crippen LogP contribution in [0.25, 0.3) is 0 Å². The fraction of sp³-hybridized carbons (Fsp3) is 0.500. The summed E-state index contributed by atoms with van der Waals surface area (Å²) in [6, 6.07) is 5.72. The quantitative estimate of drug-likeness (QED) is 0.372. The van der Waals surface area contributed by atoms with Crippen molar-refractivity contribution in [2.45, 2.75) is 59.3 Å². The number of likely N-dealkylation sites (tertiary alicyclic amines) is 1. The van der Waals surface area contributed by atoms with Crippen LogP contribution in [0.4, 0.5) is 0 Å². The molecular formula is C28H40N4O4. The molecule has 0 atom stereocenters. The zero-order valence-corrected chi connectivity index (χ0v) is 21.8. The second-order valence-electron chi connectivity index (χ2n) is 9.32. The van der Waals surface area contributed by atoms with Crippen LogP contribution >= 0.6 is 0 Å². The normalized spacial score (nSPS) is 16.0. The molecule has 3 heterocycles. The van der Waals surface area contributed by atoms with Crippen LogP contribution in [0, 0.1) is 5.92 Å². The van der Waals surface area contributed by atoms with Crippen molar-refractivity contribution in [3.05, 3.63) is 65.2 Å². The SMILES string of the molecule is CC(C)=C(/C=C\C1=C(C)NCCC1)C1CCN(C(=O)CC(=O)NCCC(=O)O)CC1.c1ccncc1. The Kier molecular flexibility index (Phi) is 12.4. The Bertz CT molecular complexity index is 930. The lowest BCUT2D eigenvalue weighted by molar-refractivity contribution is -0.137. The molecule has 0 bridgehead atoms. The van der Waals surface area contributed by atoms with Gasteiger partial charge in [0, 0.05) is 44.3 Å². The maximum Gasteiger partial charge on any atom is 0.305 e. The van der Waals surface area contributed by atoms with E-state index in [4.69, 9.17) is 5.11 Å². The lowest BCUT2D eigenvalue weighted by Gasteiger charge is -2.33. The average molecular weight is 497 g/mol. The molecule has 1 aromatic heterocycles. The van der Waals surface area contributed by atoms with E-state index in [-0.39, 0.29) is 25.3 Å². The number of allylic oxidation sites excluding steroid dienone is 6. The van der Waals surface area contributed by atoms with Gasteiger partial charge >= 0.3 is 5.97 Å². The van der Waals surface area contributed by atoms with Gasteiger partial charge < -0.3 is 20.6 Å². The molecule has 0 spiro atoms. The van der Waals surface area contributed by atoms with E-state index in [1.54, 1.807) is 17.3 Å². The van der Waals surface area contributed by atoms with Crippen molar-refractivity contribution >= 4 is 17.8 Å². The molecule has 3 rings (SSSR count). The molecular weight excluding hydrogens is 456 g/mol. The molecule has 1 aromatic rings. The highest BCUT2D eigenvalue weighted by atomic mass is 16.4. The van der Waals surface area contributed by atoms with Gasteiger partial charge in [0.2, 0.25) is 11.8 Å². The summed E-state index contributed by atoms with van der Waals surface area (Å²) in [6.07, 6.45) is 11.7. The predicted molar refractivity (Wildman–Crippen MR) is 141 cm³/mol. The summed E-state index contributed by atoms with van der Waals surface area (Å²) in [5, 5.41) is 14.5. The van der Waals surface area contributed by atoms with Gasteiger partial charge in [-0.2, -0.15) is 0 Å². The summed E-state index contributed by atoms with van der Waals surface area (Å²) in [5.74, 6) is -1.16. The van der Waals surface area contributed by atoms with Gasteiger partial charge in [0.1, 0.15) is 6.42 Å². The summed E-state index contributed by atoms with van der Waals surface area (Å²) in [7, 11) is 0. The van der Waals surface area contributed by atoms with Crippen molar-refractivity contribution in [1.29, 1.82) is 0 Å². The molecule has 0 saturated carbocycles. The summed E-state index contributed by atoms with van der Waals surface area (Å²) in [5.41, 5.74) is 5.27. The number of carboxylic acid groups (broad SMARTS) is 1. The molecule has 3 N–H and O–H groups in total. The molecule has 36 heavy (non-hydrogen) atoms. The zero-order valence-electron chi connectivity index (χ0n) is 21.8. The highest BCUT2D eigenvalue weighted by Crippen LogP contribution is 2.29. The lowest BCUT2D eigenvalue weighted by atomic mass is 9.85. The summed E-state index contributed by atoms with van der Waals surface area (Å²) >= 11 is 0. The number of aromatic nitrogens is 1. The number of hydrogen-bond acceptors (Lipinski definition) is 5. The minimum Gasteiger partial charge on any atom is -0.481 e. The van der Waals surface area contributed by atoms with Crippen molar-refractivity contribution < 1.29 is 19.5 Å². The average Bonchev–Trinajstić information content (AvgIpc) is 2.86. The Labute approximate surface area is 214 Å². The third-order valence-electron chi connectivity index (χ3n) is 6.36. The van der Waals surface area contributed by atoms with Crippen LogP contribution in [0.1, 0.15) is 59.3 Å². The highest BCUT2D eigenvalue weighted by molar-refractivity contribution is 5.97. The van der Waals surface area contributed by atoms with E-state index in [9.17, 15) is 14.4 Å². The molecule has 0 unspecified atom stereocenters. The summed E-state index contributed by atoms with van der Waals surface area (Å²) in [4.78, 5) is 40.2. The zero-order chi connectivity index (χ0) is 26.3. The topological polar surface area (TPSA) is 112 Å². The van der Waals surface area contributed by atoms with Gasteiger partial charge in [-0.1, -0.05) is 23.8 Å². The van der Waals surface area contributed by atoms with Crippen molar-refractivity contribution in [2.75, 3.05) is 26.2 Å². The molecule has 2 aliphatic heterocycles. The maximum absolute atomic E-state index is 12.4. The Morgan fingerprint density at radius 2 is 1.86 bits per heavy atom. The number of nitrogens with one attached hydrogen (secondary N) is 2. The minimum atomic E-state index is -0.973. The third kappa shape index (κ3) is 10.5. The molecule has 2 aliphatic rings. The summed E-state index contributed by atoms with van der Waals surface area (Å²) in [6.45, 7) is 8.77. The molecule has 196 valence electrons. The van der Waals surface area contributed by atoms with Crippen molar-refractivity contribution in [3.8, 4) is 0 Å². The first-order valence-electron chi connectivity index (χ1n) is 12.7. The number of hydrogen-bond donors (Lipinski definition) is 3. The Balaban J connectivity index is 0.000000662. The number of nitrogens with zero attached hydrogens (tertiary/aromatic N) is 2. The van der Waals surface area contributed by atoms with Gasteiger partial charge in [-0.05, 0) is 75.7 Å². The second kappa shape index (κ2) is 15.5. The van der Waals surface area contributed by atoms with E-state index in [1.165, 1.54) is 22.4 Å². The predicted octanol–water partition coefficient (Wildman–Crippen LogP) is 3.84. The molecule has 0 radical (unpaired) electrons. The van der Waals surface area contributed by atoms with Gasteiger partial charge in [0.05, 0.1) is 6.42 Å². The number of rotatable bonds is 8. The van der Waals surface area contributed by atoms with Crippen LogP contribution in [0.2, 0.25) is 0 Å². The number of carbonyl (C=O) groups excluding carboxylic acids is 2. The minimum absolute atomic E-state index is 0.0468. The summed E-state index contributed by atoms with van der Waals surface area (Å²) < 4.78 is 0. The van der Waals surface area contributed by atoms with Crippen LogP contribution in [0.15, 0.2) is 65.2 Å². The lowest BCUT2D eigenvalue weighted by Crippen LogP contribution is -2.41. The number of pyridine rings is 1. The van der Waals surface area contributed by atoms with Crippen LogP contribution in [0.3, 0.4) is 0 Å². The van der Waals surface area contributed by atoms with Crippen LogP contribution in [-0.2, 0) is 14.4 Å². The Morgan fingerprint density at radius 1 is 1.17 bits per heavy atom. The molecule has 8 heteroatoms. The van der Waals surface area contributed by atoms with Crippen molar-refractivity contribution in [2.24, 2.45) is 5.92 Å². The number of carbonyl (C=O) groups is 3. The Hall–Kier alpha value is -3.42. The smallest absolute Gasteiger partial charge is 0.305 e. The van der Waals surface area contributed by atoms with Crippen LogP contribution < -0.4 is 10.6 Å². The van der Waals surface area contributed by atoms with Gasteiger partial charge in [-0.15, -0.1) is 0 Å². The highest BCUT2D eigenvalue weighted by Gasteiger charge is 2.26. The first kappa shape index (κ1) is 28.8. The molecule has 1 saturated heterocycles. The molecule has 0 aromatic carbocycles. The van der Waals surface area contributed by atoms with E-state index in [0.29, 0.717) is 19.0 Å². The number of carboxylic acids is 1. The molecule has 2 amide bonds. The van der Waals surface area contributed by atoms with Gasteiger partial charge in [0.25, 0.3) is 0 Å². The van der Waals surface area contributed by atoms with Crippen molar-refractivity contribution in [1.82, 2.24) is 20.5 Å². The fourth-order valence-electron chi connectivity index (χ4n) is 4.34. The monoisotopic (exact) mass is 496 g/mol. The standard InChI is InChI=1S/C23H35N3O4.C5H5N/c1-16(2)20(7-6-18-5-4-11-24-17(18)3)19-9-13-26(14-10-19)22(28)15-21(27)25-12-8-23(29)30;1-2-4-6-5-3-1/h6-7,19,24H,4-5,8-15H2,1-3H3,(H,25,27)(H,29,30);1-5H/b7-6-;. The van der Waals surface area contributed by atoms with E-state index in [0.717, 1.165) is 32.2 Å². The van der Waals surface area contributed by atoms with Crippen LogP contribution in [-0.4, -0.2) is 59.0 Å². The number of amides is 2. The van der Waals surface area contributed by atoms with Gasteiger partial charge in [0.15, 0.2) is 0 Å². The maximum atomic E-state index is 12.4. The van der Waals surface area contributed by atoms with E-state index in [1.807, 2.05) is 18.2 Å². The molecule has 8 nitrogen and oxygen atoms in total.